The summed E-state index contributed by atoms with van der Waals surface area (Å²) in [6.07, 6.45) is 8.66. The minimum Gasteiger partial charge on any atom is -0.0587 e. The highest BCUT2D eigenvalue weighted by Crippen LogP contribution is 2.22. The Kier molecular flexibility index (Phi) is 7.05. The van der Waals surface area contributed by atoms with Gasteiger partial charge in [-0.05, 0) is 58.4 Å². The number of benzene rings is 5. The fourth-order valence-corrected chi connectivity index (χ4v) is 4.17. The second-order valence-electron chi connectivity index (χ2n) is 9.31. The highest BCUT2D eigenvalue weighted by atomic mass is 14.0. The fourth-order valence-electron chi connectivity index (χ4n) is 4.17. The third kappa shape index (κ3) is 5.98. The van der Waals surface area contributed by atoms with Gasteiger partial charge in [0.15, 0.2) is 0 Å². The van der Waals surface area contributed by atoms with Gasteiger partial charge in [0.2, 0.25) is 0 Å². The molecule has 0 aliphatic heterocycles. The maximum Gasteiger partial charge on any atom is -0.0184 e. The standard InChI is InChI=1S/C36H30/c1-27-3-19-33(20-4-27)35-23-15-31(16-24-35)13-11-29-7-9-30(10-8-29)12-14-32-17-25-36(26-18-32)34-21-5-28(2)6-22-34/h3-26H,1-2H3/b13-11+,14-12+. The first kappa shape index (κ1) is 23.3. The molecule has 174 valence electrons. The molecular weight excluding hydrogens is 432 g/mol. The van der Waals surface area contributed by atoms with Crippen molar-refractivity contribution in [1.29, 1.82) is 0 Å². The number of hydrogen-bond acceptors (Lipinski definition) is 0. The Hall–Kier alpha value is -4.42. The van der Waals surface area contributed by atoms with E-state index in [1.165, 1.54) is 55.6 Å². The van der Waals surface area contributed by atoms with Gasteiger partial charge in [-0.1, -0.05) is 157 Å². The Morgan fingerprint density at radius 2 is 0.472 bits per heavy atom. The van der Waals surface area contributed by atoms with Crippen molar-refractivity contribution >= 4 is 24.3 Å². The Morgan fingerprint density at radius 3 is 0.722 bits per heavy atom. The van der Waals surface area contributed by atoms with E-state index in [9.17, 15) is 0 Å². The van der Waals surface area contributed by atoms with Crippen LogP contribution in [-0.2, 0) is 0 Å². The van der Waals surface area contributed by atoms with Crippen molar-refractivity contribution in [2.24, 2.45) is 0 Å². The monoisotopic (exact) mass is 462 g/mol. The van der Waals surface area contributed by atoms with Gasteiger partial charge in [-0.3, -0.25) is 0 Å². The molecule has 0 saturated heterocycles. The molecule has 0 unspecified atom stereocenters. The predicted octanol–water partition coefficient (Wildman–Crippen LogP) is 9.98. The van der Waals surface area contributed by atoms with Gasteiger partial charge < -0.3 is 0 Å². The number of aryl methyl sites for hydroxylation is 2. The summed E-state index contributed by atoms with van der Waals surface area (Å²) in [5, 5.41) is 0. The summed E-state index contributed by atoms with van der Waals surface area (Å²) in [4.78, 5) is 0. The van der Waals surface area contributed by atoms with Crippen molar-refractivity contribution in [2.75, 3.05) is 0 Å². The molecule has 5 aromatic carbocycles. The first-order valence-corrected chi connectivity index (χ1v) is 12.4. The molecule has 5 aromatic rings. The summed E-state index contributed by atoms with van der Waals surface area (Å²) in [5.74, 6) is 0. The lowest BCUT2D eigenvalue weighted by molar-refractivity contribution is 1.47. The first-order valence-electron chi connectivity index (χ1n) is 12.4. The average Bonchev–Trinajstić information content (AvgIpc) is 2.93. The van der Waals surface area contributed by atoms with Crippen LogP contribution in [0.5, 0.6) is 0 Å². The molecule has 0 saturated carbocycles. The van der Waals surface area contributed by atoms with Gasteiger partial charge in [0.05, 0.1) is 0 Å². The van der Waals surface area contributed by atoms with E-state index in [1.54, 1.807) is 0 Å². The van der Waals surface area contributed by atoms with Gasteiger partial charge in [0.25, 0.3) is 0 Å². The van der Waals surface area contributed by atoms with Crippen LogP contribution in [0.2, 0.25) is 0 Å². The fraction of sp³-hybridized carbons (Fsp3) is 0.0556. The van der Waals surface area contributed by atoms with Crippen molar-refractivity contribution in [1.82, 2.24) is 0 Å². The van der Waals surface area contributed by atoms with E-state index >= 15 is 0 Å². The SMILES string of the molecule is Cc1ccc(-c2ccc(/C=C/c3ccc(/C=C/c4ccc(-c5ccc(C)cc5)cc4)cc3)cc2)cc1. The third-order valence-corrected chi connectivity index (χ3v) is 6.46. The molecule has 0 N–H and O–H groups in total. The minimum atomic E-state index is 1.19. The van der Waals surface area contributed by atoms with Crippen LogP contribution in [-0.4, -0.2) is 0 Å². The van der Waals surface area contributed by atoms with Crippen LogP contribution in [0.15, 0.2) is 121 Å². The van der Waals surface area contributed by atoms with E-state index in [1.807, 2.05) is 0 Å². The lowest BCUT2D eigenvalue weighted by atomic mass is 10.0. The van der Waals surface area contributed by atoms with Gasteiger partial charge in [0, 0.05) is 0 Å². The summed E-state index contributed by atoms with van der Waals surface area (Å²) < 4.78 is 0. The van der Waals surface area contributed by atoms with Gasteiger partial charge >= 0.3 is 0 Å². The Labute approximate surface area is 214 Å². The molecule has 0 spiro atoms. The molecule has 0 heteroatoms. The summed E-state index contributed by atoms with van der Waals surface area (Å²) in [5.41, 5.74) is 12.3. The van der Waals surface area contributed by atoms with Crippen molar-refractivity contribution in [3.63, 3.8) is 0 Å². The molecule has 0 fully saturated rings. The van der Waals surface area contributed by atoms with Gasteiger partial charge in [-0.15, -0.1) is 0 Å². The zero-order chi connectivity index (χ0) is 24.7. The van der Waals surface area contributed by atoms with Gasteiger partial charge in [-0.2, -0.15) is 0 Å². The van der Waals surface area contributed by atoms with Crippen molar-refractivity contribution in [3.05, 3.63) is 155 Å². The van der Waals surface area contributed by atoms with Crippen molar-refractivity contribution < 1.29 is 0 Å². The van der Waals surface area contributed by atoms with Crippen LogP contribution >= 0.6 is 0 Å². The third-order valence-electron chi connectivity index (χ3n) is 6.46. The number of rotatable bonds is 6. The molecule has 0 heterocycles. The minimum absolute atomic E-state index is 1.19. The summed E-state index contributed by atoms with van der Waals surface area (Å²) in [7, 11) is 0. The molecule has 5 rings (SSSR count). The maximum atomic E-state index is 2.19. The van der Waals surface area contributed by atoms with Crippen LogP contribution in [0.4, 0.5) is 0 Å². The number of hydrogen-bond donors (Lipinski definition) is 0. The van der Waals surface area contributed by atoms with Crippen molar-refractivity contribution in [3.8, 4) is 22.3 Å². The summed E-state index contributed by atoms with van der Waals surface area (Å²) in [6.45, 7) is 4.23. The largest absolute Gasteiger partial charge is 0.0587 e. The van der Waals surface area contributed by atoms with Crippen LogP contribution < -0.4 is 0 Å². The van der Waals surface area contributed by atoms with Crippen LogP contribution in [0.1, 0.15) is 33.4 Å². The second kappa shape index (κ2) is 10.9. The summed E-state index contributed by atoms with van der Waals surface area (Å²) >= 11 is 0. The predicted molar refractivity (Wildman–Crippen MR) is 158 cm³/mol. The van der Waals surface area contributed by atoms with Gasteiger partial charge in [-0.25, -0.2) is 0 Å². The topological polar surface area (TPSA) is 0 Å². The molecule has 0 aliphatic carbocycles. The molecule has 0 atom stereocenters. The maximum absolute atomic E-state index is 2.19. The van der Waals surface area contributed by atoms with E-state index in [0.29, 0.717) is 0 Å². The lowest BCUT2D eigenvalue weighted by Gasteiger charge is -2.03. The normalized spacial score (nSPS) is 11.4. The van der Waals surface area contributed by atoms with E-state index in [4.69, 9.17) is 0 Å². The zero-order valence-corrected chi connectivity index (χ0v) is 20.9. The Morgan fingerprint density at radius 1 is 0.278 bits per heavy atom. The Bertz CT molecular complexity index is 1340. The van der Waals surface area contributed by atoms with Crippen LogP contribution in [0, 0.1) is 13.8 Å². The molecule has 0 radical (unpaired) electrons. The molecule has 0 aromatic heterocycles. The molecule has 0 amide bonds. The van der Waals surface area contributed by atoms with Gasteiger partial charge in [0.1, 0.15) is 0 Å². The lowest BCUT2D eigenvalue weighted by Crippen LogP contribution is -1.80. The highest BCUT2D eigenvalue weighted by molar-refractivity contribution is 5.75. The zero-order valence-electron chi connectivity index (χ0n) is 20.9. The Balaban J connectivity index is 1.20. The van der Waals surface area contributed by atoms with Crippen LogP contribution in [0.25, 0.3) is 46.6 Å². The molecule has 0 nitrogen and oxygen atoms in total. The smallest absolute Gasteiger partial charge is 0.0184 e. The van der Waals surface area contributed by atoms with Crippen LogP contribution in [0.3, 0.4) is 0 Å². The van der Waals surface area contributed by atoms with E-state index in [-0.39, 0.29) is 0 Å². The second-order valence-corrected chi connectivity index (χ2v) is 9.31. The summed E-state index contributed by atoms with van der Waals surface area (Å²) in [6, 6.07) is 43.4. The average molecular weight is 463 g/mol. The molecule has 0 bridgehead atoms. The van der Waals surface area contributed by atoms with Crippen molar-refractivity contribution in [2.45, 2.75) is 13.8 Å². The van der Waals surface area contributed by atoms with E-state index in [2.05, 4.69) is 159 Å². The highest BCUT2D eigenvalue weighted by Gasteiger charge is 1.98. The molecule has 36 heavy (non-hydrogen) atoms. The first-order chi connectivity index (χ1) is 17.6. The molecular formula is C36H30. The van der Waals surface area contributed by atoms with E-state index < -0.39 is 0 Å². The molecule has 0 aliphatic rings. The van der Waals surface area contributed by atoms with E-state index in [0.717, 1.165) is 0 Å². The quantitative estimate of drug-likeness (QED) is 0.220.